The highest BCUT2D eigenvalue weighted by atomic mass is 35.7. The van der Waals surface area contributed by atoms with Crippen molar-refractivity contribution >= 4 is 51.0 Å². The first kappa shape index (κ1) is 21.7. The monoisotopic (exact) mass is 434 g/mol. The summed E-state index contributed by atoms with van der Waals surface area (Å²) in [4.78, 5) is 36.2. The van der Waals surface area contributed by atoms with Crippen molar-refractivity contribution in [2.24, 2.45) is 0 Å². The van der Waals surface area contributed by atoms with E-state index in [1.807, 2.05) is 6.07 Å². The number of benzene rings is 1. The van der Waals surface area contributed by atoms with Gasteiger partial charge in [-0.3, -0.25) is 9.59 Å². The number of ether oxygens (including phenoxy) is 2. The van der Waals surface area contributed by atoms with Crippen molar-refractivity contribution < 1.29 is 23.9 Å². The molecule has 0 radical (unpaired) electrons. The molecule has 7 nitrogen and oxygen atoms in total. The predicted molar refractivity (Wildman–Crippen MR) is 104 cm³/mol. The number of likely N-dealkylation sites (tertiary alicyclic amines) is 1. The summed E-state index contributed by atoms with van der Waals surface area (Å²) in [6.07, 6.45) is 0. The molecule has 2 atom stereocenters. The molecule has 1 fully saturated rings. The molecule has 1 aliphatic heterocycles. The fourth-order valence-corrected chi connectivity index (χ4v) is 3.67. The largest absolute Gasteiger partial charge is 0.484 e. The number of carbonyl (C=O) groups is 3. The second-order valence-corrected chi connectivity index (χ2v) is 8.56. The second kappa shape index (κ2) is 8.58. The number of halogens is 2. The number of hydrogen-bond acceptors (Lipinski definition) is 6. The van der Waals surface area contributed by atoms with Crippen molar-refractivity contribution in [1.29, 1.82) is 0 Å². The van der Waals surface area contributed by atoms with Crippen LogP contribution in [0.1, 0.15) is 13.8 Å². The zero-order chi connectivity index (χ0) is 20.2. The van der Waals surface area contributed by atoms with E-state index in [1.54, 1.807) is 38.1 Å². The van der Waals surface area contributed by atoms with Gasteiger partial charge in [0.25, 0.3) is 5.91 Å². The normalized spacial score (nSPS) is 18.9. The van der Waals surface area contributed by atoms with Gasteiger partial charge < -0.3 is 19.7 Å². The van der Waals surface area contributed by atoms with Crippen LogP contribution in [0.5, 0.6) is 5.75 Å². The third kappa shape index (κ3) is 4.28. The zero-order valence-electron chi connectivity index (χ0n) is 15.0. The van der Waals surface area contributed by atoms with Gasteiger partial charge >= 0.3 is 5.97 Å². The quantitative estimate of drug-likeness (QED) is 0.292. The number of para-hydroxylation sites is 1. The zero-order valence-corrected chi connectivity index (χ0v) is 17.4. The fraction of sp³-hybridized carbons (Fsp3) is 0.471. The van der Waals surface area contributed by atoms with Gasteiger partial charge in [-0.1, -0.05) is 29.8 Å². The fourth-order valence-electron chi connectivity index (χ4n) is 2.58. The molecule has 1 aromatic rings. The number of amides is 2. The van der Waals surface area contributed by atoms with Crippen LogP contribution < -0.4 is 10.1 Å². The topological polar surface area (TPSA) is 84.9 Å². The molecule has 0 spiro atoms. The maximum Gasteiger partial charge on any atom is 0.349 e. The molecule has 1 saturated heterocycles. The highest BCUT2D eigenvalue weighted by Gasteiger charge is 2.62. The van der Waals surface area contributed by atoms with Gasteiger partial charge in [-0.25, -0.2) is 4.79 Å². The van der Waals surface area contributed by atoms with E-state index in [9.17, 15) is 14.4 Å². The Labute approximate surface area is 171 Å². The molecule has 2 unspecified atom stereocenters. The molecule has 2 amide bonds. The van der Waals surface area contributed by atoms with Crippen LogP contribution in [0.25, 0.3) is 0 Å². The number of nitrogens with zero attached hydrogens (tertiary/aromatic N) is 1. The Kier molecular flexibility index (Phi) is 6.88. The molecule has 1 heterocycles. The Morgan fingerprint density at radius 1 is 1.33 bits per heavy atom. The molecule has 0 saturated carbocycles. The highest BCUT2D eigenvalue weighted by molar-refractivity contribution is 8.22. The molecule has 2 rings (SSSR count). The predicted octanol–water partition coefficient (Wildman–Crippen LogP) is 2.17. The SMILES string of the molecule is COC(=O)C(Cl)(N1CC(NC(=O)COc2ccccc2)C1=O)C(C)(C)SCl. The van der Waals surface area contributed by atoms with Crippen molar-refractivity contribution in [3.05, 3.63) is 30.3 Å². The molecule has 0 aliphatic carbocycles. The Hall–Kier alpha value is -1.64. The van der Waals surface area contributed by atoms with Crippen LogP contribution in [0.4, 0.5) is 0 Å². The smallest absolute Gasteiger partial charge is 0.349 e. The van der Waals surface area contributed by atoms with E-state index in [1.165, 1.54) is 7.11 Å². The molecular formula is C17H20Cl2N2O5S. The van der Waals surface area contributed by atoms with Gasteiger partial charge in [0, 0.05) is 0 Å². The number of alkyl halides is 1. The molecular weight excluding hydrogens is 415 g/mol. The van der Waals surface area contributed by atoms with Crippen molar-refractivity contribution in [2.45, 2.75) is 29.6 Å². The van der Waals surface area contributed by atoms with Crippen molar-refractivity contribution in [1.82, 2.24) is 10.2 Å². The summed E-state index contributed by atoms with van der Waals surface area (Å²) in [5.41, 5.74) is 0. The number of methoxy groups -OCH3 is 1. The molecule has 1 N–H and O–H groups in total. The summed E-state index contributed by atoms with van der Waals surface area (Å²) < 4.78 is 9.07. The number of carbonyl (C=O) groups excluding carboxylic acids is 3. The lowest BCUT2D eigenvalue weighted by atomic mass is 9.94. The van der Waals surface area contributed by atoms with Gasteiger partial charge in [-0.15, -0.1) is 0 Å². The van der Waals surface area contributed by atoms with Gasteiger partial charge in [0.05, 0.1) is 18.4 Å². The van der Waals surface area contributed by atoms with Gasteiger partial charge in [0.1, 0.15) is 11.8 Å². The first-order valence-corrected chi connectivity index (χ1v) is 10.0. The second-order valence-electron chi connectivity index (χ2n) is 6.37. The Morgan fingerprint density at radius 2 is 1.96 bits per heavy atom. The molecule has 0 bridgehead atoms. The molecule has 0 aromatic heterocycles. The van der Waals surface area contributed by atoms with Crippen molar-refractivity contribution in [3.63, 3.8) is 0 Å². The maximum atomic E-state index is 12.5. The summed E-state index contributed by atoms with van der Waals surface area (Å²) in [5.74, 6) is -1.21. The number of hydrogen-bond donors (Lipinski definition) is 1. The third-order valence-electron chi connectivity index (χ3n) is 4.20. The van der Waals surface area contributed by atoms with E-state index in [-0.39, 0.29) is 13.2 Å². The first-order valence-electron chi connectivity index (χ1n) is 8.03. The highest BCUT2D eigenvalue weighted by Crippen LogP contribution is 2.47. The lowest BCUT2D eigenvalue weighted by molar-refractivity contribution is -0.166. The summed E-state index contributed by atoms with van der Waals surface area (Å²) in [5, 5.41) is 2.56. The molecule has 148 valence electrons. The van der Waals surface area contributed by atoms with E-state index in [0.29, 0.717) is 5.75 Å². The number of esters is 1. The Balaban J connectivity index is 1.98. The average molecular weight is 435 g/mol. The standard InChI is InChI=1S/C17H20Cl2N2O5S/c1-16(2,27-19)17(18,15(24)25-3)21-9-12(14(21)23)20-13(22)10-26-11-7-5-4-6-8-11/h4-8,12H,9-10H2,1-3H3,(H,20,22). The van der Waals surface area contributed by atoms with Gasteiger partial charge in [0.2, 0.25) is 10.9 Å². The maximum absolute atomic E-state index is 12.5. The summed E-state index contributed by atoms with van der Waals surface area (Å²) in [6.45, 7) is 3.07. The lowest BCUT2D eigenvalue weighted by Gasteiger charge is -2.51. The van der Waals surface area contributed by atoms with Crippen LogP contribution in [0.2, 0.25) is 0 Å². The van der Waals surface area contributed by atoms with Crippen LogP contribution >= 0.6 is 33.3 Å². The van der Waals surface area contributed by atoms with Crippen LogP contribution in [0.3, 0.4) is 0 Å². The first-order chi connectivity index (χ1) is 12.7. The molecule has 10 heteroatoms. The van der Waals surface area contributed by atoms with E-state index in [2.05, 4.69) is 5.32 Å². The van der Waals surface area contributed by atoms with Crippen LogP contribution in [0, 0.1) is 0 Å². The van der Waals surface area contributed by atoms with E-state index >= 15 is 0 Å². The number of β-lactam (4-membered cyclic amide) rings is 1. The summed E-state index contributed by atoms with van der Waals surface area (Å²) in [6, 6.07) is 8.03. The Bertz CT molecular complexity index is 719. The van der Waals surface area contributed by atoms with E-state index in [4.69, 9.17) is 31.8 Å². The molecule has 1 aliphatic rings. The van der Waals surface area contributed by atoms with E-state index < -0.39 is 33.6 Å². The van der Waals surface area contributed by atoms with Gasteiger partial charge in [0.15, 0.2) is 6.61 Å². The average Bonchev–Trinajstić information content (AvgIpc) is 2.68. The third-order valence-corrected chi connectivity index (χ3v) is 6.98. The molecule has 27 heavy (non-hydrogen) atoms. The van der Waals surface area contributed by atoms with Crippen LogP contribution in [0.15, 0.2) is 30.3 Å². The van der Waals surface area contributed by atoms with Crippen molar-refractivity contribution in [2.75, 3.05) is 20.3 Å². The number of nitrogens with one attached hydrogen (secondary N) is 1. The van der Waals surface area contributed by atoms with Crippen molar-refractivity contribution in [3.8, 4) is 5.75 Å². The van der Waals surface area contributed by atoms with Crippen LogP contribution in [-0.4, -0.2) is 58.7 Å². The van der Waals surface area contributed by atoms with Gasteiger partial charge in [-0.05, 0) is 47.6 Å². The minimum absolute atomic E-state index is 0.0510. The number of rotatable bonds is 8. The summed E-state index contributed by atoms with van der Waals surface area (Å²) in [7, 11) is 7.87. The van der Waals surface area contributed by atoms with Crippen LogP contribution in [-0.2, 0) is 19.1 Å². The lowest BCUT2D eigenvalue weighted by Crippen LogP contribution is -2.75. The Morgan fingerprint density at radius 3 is 2.48 bits per heavy atom. The van der Waals surface area contributed by atoms with Gasteiger partial charge in [-0.2, -0.15) is 0 Å². The minimum Gasteiger partial charge on any atom is -0.484 e. The summed E-state index contributed by atoms with van der Waals surface area (Å²) >= 11 is 6.51. The van der Waals surface area contributed by atoms with E-state index in [0.717, 1.165) is 15.9 Å². The minimum atomic E-state index is -1.80. The molecule has 1 aromatic carbocycles.